The summed E-state index contributed by atoms with van der Waals surface area (Å²) in [6.45, 7) is 4.62. The SMILES string of the molecule is COc1cc(-c2cccc(-c3cccc(NC(=O)C4NN(C)C(=O)N(C)C4=O)c3C)c2C)cc(F)c1CNC[C@H]1CCC(=O)N1. The van der Waals surface area contributed by atoms with Crippen LogP contribution >= 0.6 is 0 Å². The Kier molecular flexibility index (Phi) is 9.16. The number of carbonyl (C=O) groups excluding carboxylic acids is 4. The molecule has 5 rings (SSSR count). The topological polar surface area (TPSA) is 132 Å². The lowest BCUT2D eigenvalue weighted by Gasteiger charge is -2.34. The van der Waals surface area contributed by atoms with Crippen molar-refractivity contribution in [2.75, 3.05) is 33.1 Å². The highest BCUT2D eigenvalue weighted by atomic mass is 19.1. The van der Waals surface area contributed by atoms with Gasteiger partial charge in [-0.25, -0.2) is 14.6 Å². The van der Waals surface area contributed by atoms with Crippen LogP contribution in [0.4, 0.5) is 14.9 Å². The third-order valence-corrected chi connectivity index (χ3v) is 8.41. The third-order valence-electron chi connectivity index (χ3n) is 8.41. The number of anilines is 1. The standard InChI is InChI=1S/C33H37FN6O5/c1-18-22(20-14-26(34)25(28(15-20)45-5)17-35-16-21-12-13-29(41)36-21)8-6-9-23(18)24-10-7-11-27(19(24)2)37-31(42)30-32(43)39(3)33(44)40(4)38-30/h6-11,14-15,21,30,35,38H,12-13,16-17H2,1-5H3,(H,36,41)(H,37,42)/t21-,30?/m1/s1. The number of nitrogens with one attached hydrogen (secondary N) is 4. The van der Waals surface area contributed by atoms with E-state index in [0.29, 0.717) is 35.5 Å². The van der Waals surface area contributed by atoms with E-state index in [2.05, 4.69) is 21.4 Å². The first kappa shape index (κ1) is 31.6. The molecule has 236 valence electrons. The summed E-state index contributed by atoms with van der Waals surface area (Å²) in [6.07, 6.45) is 1.26. The van der Waals surface area contributed by atoms with Gasteiger partial charge in [0.15, 0.2) is 6.04 Å². The van der Waals surface area contributed by atoms with Crippen LogP contribution in [0.3, 0.4) is 0 Å². The lowest BCUT2D eigenvalue weighted by atomic mass is 9.90. The van der Waals surface area contributed by atoms with E-state index in [1.165, 1.54) is 27.3 Å². The lowest BCUT2D eigenvalue weighted by Crippen LogP contribution is -2.66. The fraction of sp³-hybridized carbons (Fsp3) is 0.333. The molecule has 1 unspecified atom stereocenters. The molecule has 3 aromatic carbocycles. The van der Waals surface area contributed by atoms with Gasteiger partial charge in [0, 0.05) is 50.9 Å². The van der Waals surface area contributed by atoms with Gasteiger partial charge >= 0.3 is 6.03 Å². The van der Waals surface area contributed by atoms with Crippen LogP contribution in [0, 0.1) is 19.7 Å². The van der Waals surface area contributed by atoms with Crippen LogP contribution in [-0.2, 0) is 20.9 Å². The van der Waals surface area contributed by atoms with E-state index in [0.717, 1.165) is 44.1 Å². The molecule has 0 spiro atoms. The van der Waals surface area contributed by atoms with Crippen LogP contribution in [0.15, 0.2) is 48.5 Å². The number of ether oxygens (including phenoxy) is 1. The summed E-state index contributed by atoms with van der Waals surface area (Å²) < 4.78 is 21.1. The Morgan fingerprint density at radius 1 is 1.02 bits per heavy atom. The van der Waals surface area contributed by atoms with Gasteiger partial charge < -0.3 is 20.7 Å². The van der Waals surface area contributed by atoms with E-state index >= 15 is 4.39 Å². The molecular weight excluding hydrogens is 579 g/mol. The van der Waals surface area contributed by atoms with Crippen molar-refractivity contribution in [1.82, 2.24) is 26.0 Å². The summed E-state index contributed by atoms with van der Waals surface area (Å²) in [5, 5.41) is 10.1. The van der Waals surface area contributed by atoms with E-state index in [9.17, 15) is 19.2 Å². The van der Waals surface area contributed by atoms with Crippen LogP contribution in [0.2, 0.25) is 0 Å². The first-order valence-corrected chi connectivity index (χ1v) is 14.7. The average Bonchev–Trinajstić information content (AvgIpc) is 3.44. The minimum Gasteiger partial charge on any atom is -0.496 e. The second kappa shape index (κ2) is 13.0. The fourth-order valence-electron chi connectivity index (χ4n) is 5.82. The Morgan fingerprint density at radius 3 is 2.40 bits per heavy atom. The number of urea groups is 1. The Morgan fingerprint density at radius 2 is 1.71 bits per heavy atom. The van der Waals surface area contributed by atoms with Crippen molar-refractivity contribution >= 4 is 29.4 Å². The maximum Gasteiger partial charge on any atom is 0.340 e. The number of nitrogens with zero attached hydrogens (tertiary/aromatic N) is 2. The predicted octanol–water partition coefficient (Wildman–Crippen LogP) is 3.49. The summed E-state index contributed by atoms with van der Waals surface area (Å²) in [5.41, 5.74) is 8.45. The summed E-state index contributed by atoms with van der Waals surface area (Å²) in [7, 11) is 4.28. The molecule has 0 aliphatic carbocycles. The number of halogens is 1. The van der Waals surface area contributed by atoms with E-state index in [1.807, 2.05) is 50.2 Å². The maximum atomic E-state index is 15.5. The van der Waals surface area contributed by atoms with Crippen molar-refractivity contribution in [2.45, 2.75) is 45.3 Å². The van der Waals surface area contributed by atoms with E-state index in [1.54, 1.807) is 6.07 Å². The summed E-state index contributed by atoms with van der Waals surface area (Å²) >= 11 is 0. The highest BCUT2D eigenvalue weighted by molar-refractivity contribution is 6.15. The molecule has 4 N–H and O–H groups in total. The Labute approximate surface area is 261 Å². The largest absolute Gasteiger partial charge is 0.496 e. The Balaban J connectivity index is 1.38. The van der Waals surface area contributed by atoms with E-state index < -0.39 is 29.7 Å². The molecule has 45 heavy (non-hydrogen) atoms. The lowest BCUT2D eigenvalue weighted by molar-refractivity contribution is -0.139. The second-order valence-electron chi connectivity index (χ2n) is 11.3. The van der Waals surface area contributed by atoms with Gasteiger partial charge in [-0.2, -0.15) is 0 Å². The number of benzene rings is 3. The van der Waals surface area contributed by atoms with Crippen LogP contribution in [0.1, 0.15) is 29.5 Å². The molecule has 3 aromatic rings. The molecular formula is C33H37FN6O5. The normalized spacial score (nSPS) is 18.3. The zero-order chi connectivity index (χ0) is 32.4. The maximum absolute atomic E-state index is 15.5. The molecule has 2 aliphatic rings. The van der Waals surface area contributed by atoms with Gasteiger partial charge in [0.2, 0.25) is 5.91 Å². The number of imide groups is 1. The number of hydrogen-bond donors (Lipinski definition) is 4. The first-order valence-electron chi connectivity index (χ1n) is 14.7. The Hall–Kier alpha value is -4.81. The number of hydrogen-bond acceptors (Lipinski definition) is 7. The zero-order valence-corrected chi connectivity index (χ0v) is 25.9. The van der Waals surface area contributed by atoms with Crippen molar-refractivity contribution in [3.8, 4) is 28.0 Å². The molecule has 2 saturated heterocycles. The number of amides is 5. The fourth-order valence-corrected chi connectivity index (χ4v) is 5.82. The van der Waals surface area contributed by atoms with Crippen molar-refractivity contribution in [2.24, 2.45) is 0 Å². The van der Waals surface area contributed by atoms with Gasteiger partial charge in [-0.1, -0.05) is 30.3 Å². The highest BCUT2D eigenvalue weighted by Gasteiger charge is 2.39. The van der Waals surface area contributed by atoms with Gasteiger partial charge in [0.1, 0.15) is 11.6 Å². The zero-order valence-electron chi connectivity index (χ0n) is 25.9. The predicted molar refractivity (Wildman–Crippen MR) is 168 cm³/mol. The molecule has 12 heteroatoms. The molecule has 0 saturated carbocycles. The first-order chi connectivity index (χ1) is 21.5. The average molecular weight is 617 g/mol. The molecule has 0 bridgehead atoms. The molecule has 2 atom stereocenters. The van der Waals surface area contributed by atoms with Gasteiger partial charge in [-0.15, -0.1) is 0 Å². The minimum atomic E-state index is -1.27. The smallest absolute Gasteiger partial charge is 0.340 e. The third kappa shape index (κ3) is 6.38. The van der Waals surface area contributed by atoms with E-state index in [-0.39, 0.29) is 18.5 Å². The Bertz CT molecular complexity index is 1680. The van der Waals surface area contributed by atoms with Crippen molar-refractivity contribution in [3.05, 3.63) is 71.0 Å². The number of rotatable bonds is 9. The molecule has 2 fully saturated rings. The highest BCUT2D eigenvalue weighted by Crippen LogP contribution is 2.37. The molecule has 2 heterocycles. The minimum absolute atomic E-state index is 0.0343. The molecule has 0 aromatic heterocycles. The number of methoxy groups -OCH3 is 1. The number of likely N-dealkylation sites (N-methyl/N-ethyl adjacent to an activating group) is 1. The van der Waals surface area contributed by atoms with E-state index in [4.69, 9.17) is 4.74 Å². The van der Waals surface area contributed by atoms with Crippen LogP contribution in [-0.4, -0.2) is 73.5 Å². The second-order valence-corrected chi connectivity index (χ2v) is 11.3. The van der Waals surface area contributed by atoms with Gasteiger partial charge in [0.25, 0.3) is 11.8 Å². The van der Waals surface area contributed by atoms with Gasteiger partial charge in [-0.05, 0) is 71.8 Å². The van der Waals surface area contributed by atoms with Crippen molar-refractivity contribution in [1.29, 1.82) is 0 Å². The molecule has 0 radical (unpaired) electrons. The van der Waals surface area contributed by atoms with Gasteiger partial charge in [0.05, 0.1) is 7.11 Å². The molecule has 5 amide bonds. The molecule has 11 nitrogen and oxygen atoms in total. The van der Waals surface area contributed by atoms with Crippen LogP contribution in [0.5, 0.6) is 5.75 Å². The van der Waals surface area contributed by atoms with Crippen molar-refractivity contribution in [3.63, 3.8) is 0 Å². The number of carbonyl (C=O) groups is 4. The number of hydrazine groups is 1. The summed E-state index contributed by atoms with van der Waals surface area (Å²) in [6, 6.07) is 12.8. The summed E-state index contributed by atoms with van der Waals surface area (Å²) in [5.74, 6) is -1.20. The molecule has 2 aliphatic heterocycles. The van der Waals surface area contributed by atoms with Gasteiger partial charge in [-0.3, -0.25) is 24.3 Å². The van der Waals surface area contributed by atoms with Crippen molar-refractivity contribution < 1.29 is 28.3 Å². The quantitative estimate of drug-likeness (QED) is 0.271. The van der Waals surface area contributed by atoms with Crippen LogP contribution in [0.25, 0.3) is 22.3 Å². The summed E-state index contributed by atoms with van der Waals surface area (Å²) in [4.78, 5) is 50.1. The van der Waals surface area contributed by atoms with Crippen LogP contribution < -0.4 is 26.1 Å². The monoisotopic (exact) mass is 616 g/mol.